The van der Waals surface area contributed by atoms with Crippen molar-refractivity contribution in [2.24, 2.45) is 0 Å². The maximum atomic E-state index is 6.51. The monoisotopic (exact) mass is 322 g/mol. The molecule has 1 aromatic carbocycles. The molecule has 21 heavy (non-hydrogen) atoms. The molecule has 1 heterocycles. The van der Waals surface area contributed by atoms with Gasteiger partial charge in [0.1, 0.15) is 5.15 Å². The van der Waals surface area contributed by atoms with Gasteiger partial charge in [0.2, 0.25) is 0 Å². The Kier molecular flexibility index (Phi) is 4.56. The number of benzene rings is 1. The molecule has 0 aliphatic heterocycles. The van der Waals surface area contributed by atoms with Gasteiger partial charge in [-0.05, 0) is 25.3 Å². The lowest BCUT2D eigenvalue weighted by Crippen LogP contribution is -2.03. The molecule has 2 nitrogen and oxygen atoms in total. The minimum atomic E-state index is 0.443. The molecule has 1 fully saturated rings. The van der Waals surface area contributed by atoms with Crippen LogP contribution in [0.5, 0.6) is 0 Å². The van der Waals surface area contributed by atoms with E-state index >= 15 is 0 Å². The highest BCUT2D eigenvalue weighted by Gasteiger charge is 2.25. The van der Waals surface area contributed by atoms with Gasteiger partial charge in [0.15, 0.2) is 0 Å². The summed E-state index contributed by atoms with van der Waals surface area (Å²) in [5.74, 6) is 0.981. The van der Waals surface area contributed by atoms with Crippen LogP contribution in [0, 0.1) is 6.92 Å². The smallest absolute Gasteiger partial charge is 0.132 e. The molecule has 0 saturated heterocycles. The molecule has 1 aliphatic rings. The summed E-state index contributed by atoms with van der Waals surface area (Å²) in [5.41, 5.74) is 4.62. The quantitative estimate of drug-likeness (QED) is 0.699. The molecule has 0 radical (unpaired) electrons. The van der Waals surface area contributed by atoms with Gasteiger partial charge in [-0.3, -0.25) is 0 Å². The molecular weight excluding hydrogens is 303 g/mol. The standard InChI is InChI=1S/C17H20Cl2N2/c1-12-6-8-13(9-7-12)11-21-17(19)15(10-18)16(20-21)14-4-2-3-5-14/h6-9,14H,2-5,10-11H2,1H3. The van der Waals surface area contributed by atoms with Gasteiger partial charge in [0, 0.05) is 11.5 Å². The Morgan fingerprint density at radius 1 is 1.19 bits per heavy atom. The summed E-state index contributed by atoms with van der Waals surface area (Å²) in [6.07, 6.45) is 4.99. The van der Waals surface area contributed by atoms with Crippen LogP contribution in [0.3, 0.4) is 0 Å². The molecule has 1 aliphatic carbocycles. The number of halogens is 2. The van der Waals surface area contributed by atoms with Crippen LogP contribution in [0.1, 0.15) is 54.0 Å². The van der Waals surface area contributed by atoms with E-state index in [0.29, 0.717) is 23.5 Å². The Labute approximate surface area is 136 Å². The normalized spacial score (nSPS) is 15.8. The van der Waals surface area contributed by atoms with E-state index in [4.69, 9.17) is 28.3 Å². The van der Waals surface area contributed by atoms with Crippen LogP contribution in [-0.4, -0.2) is 9.78 Å². The maximum absolute atomic E-state index is 6.51. The molecule has 0 unspecified atom stereocenters. The fraction of sp³-hybridized carbons (Fsp3) is 0.471. The van der Waals surface area contributed by atoms with Crippen molar-refractivity contribution in [1.82, 2.24) is 9.78 Å². The molecule has 0 spiro atoms. The van der Waals surface area contributed by atoms with Gasteiger partial charge in [-0.25, -0.2) is 4.68 Å². The molecule has 1 aromatic heterocycles. The van der Waals surface area contributed by atoms with E-state index in [0.717, 1.165) is 11.3 Å². The highest BCUT2D eigenvalue weighted by molar-refractivity contribution is 6.31. The van der Waals surface area contributed by atoms with Crippen molar-refractivity contribution in [3.63, 3.8) is 0 Å². The van der Waals surface area contributed by atoms with Crippen LogP contribution >= 0.6 is 23.2 Å². The second kappa shape index (κ2) is 6.41. The fourth-order valence-corrected chi connectivity index (χ4v) is 3.71. The Morgan fingerprint density at radius 2 is 1.86 bits per heavy atom. The molecule has 0 amide bonds. The van der Waals surface area contributed by atoms with Crippen molar-refractivity contribution in [2.75, 3.05) is 0 Å². The van der Waals surface area contributed by atoms with Gasteiger partial charge in [0.05, 0.1) is 18.1 Å². The summed E-state index contributed by atoms with van der Waals surface area (Å²) in [6, 6.07) is 8.49. The summed E-state index contributed by atoms with van der Waals surface area (Å²) in [4.78, 5) is 0. The van der Waals surface area contributed by atoms with E-state index in [1.54, 1.807) is 0 Å². The second-order valence-electron chi connectivity index (χ2n) is 5.91. The molecule has 4 heteroatoms. The number of rotatable bonds is 4. The van der Waals surface area contributed by atoms with Gasteiger partial charge in [-0.1, -0.05) is 54.3 Å². The van der Waals surface area contributed by atoms with E-state index in [2.05, 4.69) is 31.2 Å². The fourth-order valence-electron chi connectivity index (χ4n) is 3.12. The Balaban J connectivity index is 1.89. The number of nitrogens with zero attached hydrogens (tertiary/aromatic N) is 2. The number of aryl methyl sites for hydroxylation is 1. The molecule has 112 valence electrons. The summed E-state index contributed by atoms with van der Waals surface area (Å²) in [7, 11) is 0. The first kappa shape index (κ1) is 14.9. The summed E-state index contributed by atoms with van der Waals surface area (Å²) >= 11 is 12.6. The van der Waals surface area contributed by atoms with E-state index in [1.807, 2.05) is 4.68 Å². The SMILES string of the molecule is Cc1ccc(Cn2nc(C3CCCC3)c(CCl)c2Cl)cc1. The topological polar surface area (TPSA) is 17.8 Å². The zero-order valence-corrected chi connectivity index (χ0v) is 13.8. The lowest BCUT2D eigenvalue weighted by atomic mass is 10.0. The van der Waals surface area contributed by atoms with E-state index in [9.17, 15) is 0 Å². The highest BCUT2D eigenvalue weighted by atomic mass is 35.5. The second-order valence-corrected chi connectivity index (χ2v) is 6.54. The van der Waals surface area contributed by atoms with E-state index in [-0.39, 0.29) is 0 Å². The predicted molar refractivity (Wildman–Crippen MR) is 88.3 cm³/mol. The minimum Gasteiger partial charge on any atom is -0.249 e. The molecule has 1 saturated carbocycles. The molecule has 0 bridgehead atoms. The van der Waals surface area contributed by atoms with E-state index in [1.165, 1.54) is 36.8 Å². The van der Waals surface area contributed by atoms with Gasteiger partial charge in [-0.2, -0.15) is 5.10 Å². The van der Waals surface area contributed by atoms with Crippen molar-refractivity contribution < 1.29 is 0 Å². The van der Waals surface area contributed by atoms with Crippen LogP contribution in [0.25, 0.3) is 0 Å². The van der Waals surface area contributed by atoms with Gasteiger partial charge in [0.25, 0.3) is 0 Å². The maximum Gasteiger partial charge on any atom is 0.132 e. The molecule has 0 N–H and O–H groups in total. The average Bonchev–Trinajstić information content (AvgIpc) is 3.10. The first-order valence-corrected chi connectivity index (χ1v) is 8.47. The van der Waals surface area contributed by atoms with Gasteiger partial charge < -0.3 is 0 Å². The third-order valence-electron chi connectivity index (χ3n) is 4.34. The molecule has 2 aromatic rings. The Bertz CT molecular complexity index is 610. The van der Waals surface area contributed by atoms with Crippen molar-refractivity contribution in [3.8, 4) is 0 Å². The third-order valence-corrected chi connectivity index (χ3v) is 5.03. The summed E-state index contributed by atoms with van der Waals surface area (Å²) < 4.78 is 1.90. The van der Waals surface area contributed by atoms with Crippen LogP contribution in [0.2, 0.25) is 5.15 Å². The van der Waals surface area contributed by atoms with Crippen molar-refractivity contribution in [3.05, 3.63) is 51.8 Å². The number of alkyl halides is 1. The van der Waals surface area contributed by atoms with Crippen molar-refractivity contribution >= 4 is 23.2 Å². The van der Waals surface area contributed by atoms with Crippen molar-refractivity contribution in [2.45, 2.75) is 50.9 Å². The third kappa shape index (κ3) is 3.12. The van der Waals surface area contributed by atoms with Crippen LogP contribution in [-0.2, 0) is 12.4 Å². The van der Waals surface area contributed by atoms with Crippen LogP contribution < -0.4 is 0 Å². The first-order chi connectivity index (χ1) is 10.2. The van der Waals surface area contributed by atoms with Crippen LogP contribution in [0.15, 0.2) is 24.3 Å². The molecule has 0 atom stereocenters. The molecular formula is C17H20Cl2N2. The highest BCUT2D eigenvalue weighted by Crippen LogP contribution is 2.38. The Hall–Kier alpha value is -0.990. The van der Waals surface area contributed by atoms with Crippen molar-refractivity contribution in [1.29, 1.82) is 0 Å². The number of hydrogen-bond acceptors (Lipinski definition) is 1. The van der Waals surface area contributed by atoms with Gasteiger partial charge in [-0.15, -0.1) is 11.6 Å². The van der Waals surface area contributed by atoms with Gasteiger partial charge >= 0.3 is 0 Å². The number of hydrogen-bond donors (Lipinski definition) is 0. The minimum absolute atomic E-state index is 0.443. The number of aromatic nitrogens is 2. The zero-order chi connectivity index (χ0) is 14.8. The zero-order valence-electron chi connectivity index (χ0n) is 12.3. The predicted octanol–water partition coefficient (Wildman–Crippen LogP) is 5.29. The van der Waals surface area contributed by atoms with E-state index < -0.39 is 0 Å². The lowest BCUT2D eigenvalue weighted by Gasteiger charge is -2.06. The Morgan fingerprint density at radius 3 is 2.48 bits per heavy atom. The molecule has 3 rings (SSSR count). The average molecular weight is 323 g/mol. The first-order valence-electron chi connectivity index (χ1n) is 7.55. The summed E-state index contributed by atoms with van der Waals surface area (Å²) in [5, 5.41) is 5.48. The largest absolute Gasteiger partial charge is 0.249 e. The lowest BCUT2D eigenvalue weighted by molar-refractivity contribution is 0.628. The van der Waals surface area contributed by atoms with Crippen LogP contribution in [0.4, 0.5) is 0 Å². The summed E-state index contributed by atoms with van der Waals surface area (Å²) in [6.45, 7) is 2.80.